The van der Waals surface area contributed by atoms with Gasteiger partial charge in [0.25, 0.3) is 5.91 Å². The van der Waals surface area contributed by atoms with Crippen LogP contribution in [0.25, 0.3) is 0 Å². The number of ether oxygens (including phenoxy) is 1. The van der Waals surface area contributed by atoms with Crippen LogP contribution in [-0.2, 0) is 6.54 Å². The number of carbonyl (C=O) groups is 1. The van der Waals surface area contributed by atoms with Gasteiger partial charge in [-0.3, -0.25) is 9.69 Å². The molecule has 0 radical (unpaired) electrons. The van der Waals surface area contributed by atoms with Crippen molar-refractivity contribution in [2.24, 2.45) is 0 Å². The van der Waals surface area contributed by atoms with E-state index in [0.29, 0.717) is 22.0 Å². The molecule has 1 atom stereocenters. The highest BCUT2D eigenvalue weighted by atomic mass is 35.5. The molecule has 0 saturated carbocycles. The Kier molecular flexibility index (Phi) is 8.55. The molecule has 184 valence electrons. The van der Waals surface area contributed by atoms with E-state index in [-0.39, 0.29) is 12.0 Å². The van der Waals surface area contributed by atoms with Gasteiger partial charge in [-0.05, 0) is 61.4 Å². The number of piperazine rings is 1. The molecule has 3 aromatic carbocycles. The van der Waals surface area contributed by atoms with Crippen molar-refractivity contribution in [3.05, 3.63) is 87.9 Å². The summed E-state index contributed by atoms with van der Waals surface area (Å²) in [7, 11) is 0. The third kappa shape index (κ3) is 6.69. The number of hydrogen-bond acceptors (Lipinski definition) is 4. The molecular weight excluding hydrogens is 481 g/mol. The molecule has 4 rings (SSSR count). The molecule has 1 heterocycles. The SMILES string of the molecule is CCC(C)Oc1cccc(C(=O)Nc2ccc(N3CCN(Cc4ccccc4Cl)CC3)c(Cl)c2)c1. The predicted molar refractivity (Wildman–Crippen MR) is 145 cm³/mol. The lowest BCUT2D eigenvalue weighted by Crippen LogP contribution is -2.46. The van der Waals surface area contributed by atoms with Gasteiger partial charge in [0.1, 0.15) is 5.75 Å². The minimum Gasteiger partial charge on any atom is -0.491 e. The van der Waals surface area contributed by atoms with Crippen LogP contribution in [0.15, 0.2) is 66.7 Å². The molecule has 35 heavy (non-hydrogen) atoms. The molecule has 0 aliphatic carbocycles. The molecule has 0 bridgehead atoms. The maximum Gasteiger partial charge on any atom is 0.255 e. The summed E-state index contributed by atoms with van der Waals surface area (Å²) in [6, 6.07) is 20.9. The second-order valence-electron chi connectivity index (χ2n) is 8.84. The molecule has 1 aliphatic rings. The van der Waals surface area contributed by atoms with Crippen molar-refractivity contribution in [2.45, 2.75) is 32.9 Å². The zero-order valence-electron chi connectivity index (χ0n) is 20.1. The predicted octanol–water partition coefficient (Wildman–Crippen LogP) is 6.75. The molecule has 1 unspecified atom stereocenters. The van der Waals surface area contributed by atoms with Crippen LogP contribution in [-0.4, -0.2) is 43.1 Å². The number of nitrogens with one attached hydrogen (secondary N) is 1. The maximum atomic E-state index is 12.8. The van der Waals surface area contributed by atoms with E-state index in [1.807, 2.05) is 55.5 Å². The van der Waals surface area contributed by atoms with E-state index >= 15 is 0 Å². The first-order valence-corrected chi connectivity index (χ1v) is 12.8. The van der Waals surface area contributed by atoms with E-state index in [4.69, 9.17) is 27.9 Å². The van der Waals surface area contributed by atoms with Gasteiger partial charge >= 0.3 is 0 Å². The number of anilines is 2. The van der Waals surface area contributed by atoms with E-state index in [1.54, 1.807) is 12.1 Å². The monoisotopic (exact) mass is 511 g/mol. The minimum atomic E-state index is -0.198. The van der Waals surface area contributed by atoms with Gasteiger partial charge in [-0.2, -0.15) is 0 Å². The second-order valence-corrected chi connectivity index (χ2v) is 9.65. The summed E-state index contributed by atoms with van der Waals surface area (Å²) in [6.45, 7) is 8.52. The van der Waals surface area contributed by atoms with Crippen LogP contribution < -0.4 is 15.0 Å². The topological polar surface area (TPSA) is 44.8 Å². The lowest BCUT2D eigenvalue weighted by molar-refractivity contribution is 0.102. The summed E-state index contributed by atoms with van der Waals surface area (Å²) in [5.41, 5.74) is 3.33. The van der Waals surface area contributed by atoms with Crippen molar-refractivity contribution in [2.75, 3.05) is 36.4 Å². The van der Waals surface area contributed by atoms with Crippen molar-refractivity contribution in [3.8, 4) is 5.75 Å². The third-order valence-corrected chi connectivity index (χ3v) is 6.95. The maximum absolute atomic E-state index is 12.8. The van der Waals surface area contributed by atoms with Crippen LogP contribution >= 0.6 is 23.2 Å². The number of hydrogen-bond donors (Lipinski definition) is 1. The van der Waals surface area contributed by atoms with Gasteiger partial charge < -0.3 is 15.0 Å². The van der Waals surface area contributed by atoms with Crippen molar-refractivity contribution in [1.29, 1.82) is 0 Å². The molecule has 1 amide bonds. The molecule has 7 heteroatoms. The Hall–Kier alpha value is -2.73. The molecule has 5 nitrogen and oxygen atoms in total. The summed E-state index contributed by atoms with van der Waals surface area (Å²) in [5, 5.41) is 4.38. The fraction of sp³-hybridized carbons (Fsp3) is 0.321. The lowest BCUT2D eigenvalue weighted by atomic mass is 10.1. The van der Waals surface area contributed by atoms with Gasteiger partial charge in [-0.15, -0.1) is 0 Å². The highest BCUT2D eigenvalue weighted by molar-refractivity contribution is 6.33. The Morgan fingerprint density at radius 2 is 1.74 bits per heavy atom. The molecule has 1 saturated heterocycles. The first kappa shape index (κ1) is 25.4. The fourth-order valence-corrected chi connectivity index (χ4v) is 4.58. The minimum absolute atomic E-state index is 0.0951. The van der Waals surface area contributed by atoms with Gasteiger partial charge in [-0.1, -0.05) is 54.4 Å². The molecular formula is C28H31Cl2N3O2. The van der Waals surface area contributed by atoms with E-state index in [9.17, 15) is 4.79 Å². The summed E-state index contributed by atoms with van der Waals surface area (Å²) in [4.78, 5) is 17.5. The first-order valence-electron chi connectivity index (χ1n) is 12.0. The molecule has 1 aliphatic heterocycles. The smallest absolute Gasteiger partial charge is 0.255 e. The van der Waals surface area contributed by atoms with Gasteiger partial charge in [0.2, 0.25) is 0 Å². The van der Waals surface area contributed by atoms with Crippen LogP contribution in [0.3, 0.4) is 0 Å². The Balaban J connectivity index is 1.35. The largest absolute Gasteiger partial charge is 0.491 e. The summed E-state index contributed by atoms with van der Waals surface area (Å²) in [5.74, 6) is 0.491. The van der Waals surface area contributed by atoms with Crippen LogP contribution in [0.1, 0.15) is 36.2 Å². The standard InChI is InChI=1S/C28H31Cl2N3O2/c1-3-20(2)35-24-9-6-8-21(17-24)28(34)31-23-11-12-27(26(30)18-23)33-15-13-32(14-16-33)19-22-7-4-5-10-25(22)29/h4-12,17-18,20H,3,13-16,19H2,1-2H3,(H,31,34). The Morgan fingerprint density at radius 1 is 0.971 bits per heavy atom. The van der Waals surface area contributed by atoms with Gasteiger partial charge in [0.15, 0.2) is 0 Å². The van der Waals surface area contributed by atoms with Crippen LogP contribution in [0.4, 0.5) is 11.4 Å². The zero-order valence-corrected chi connectivity index (χ0v) is 21.6. The molecule has 0 aromatic heterocycles. The summed E-state index contributed by atoms with van der Waals surface area (Å²) >= 11 is 13.0. The number of nitrogens with zero attached hydrogens (tertiary/aromatic N) is 2. The van der Waals surface area contributed by atoms with Gasteiger partial charge in [-0.25, -0.2) is 0 Å². The van der Waals surface area contributed by atoms with Crippen LogP contribution in [0.2, 0.25) is 10.0 Å². The van der Waals surface area contributed by atoms with Crippen LogP contribution in [0.5, 0.6) is 5.75 Å². The quantitative estimate of drug-likeness (QED) is 0.363. The normalized spacial score (nSPS) is 15.0. The number of benzene rings is 3. The van der Waals surface area contributed by atoms with Crippen molar-refractivity contribution in [3.63, 3.8) is 0 Å². The summed E-state index contributed by atoms with van der Waals surface area (Å²) in [6.07, 6.45) is 0.996. The molecule has 0 spiro atoms. The zero-order chi connectivity index (χ0) is 24.8. The average molecular weight is 512 g/mol. The Labute approximate surface area is 217 Å². The Bertz CT molecular complexity index is 1160. The lowest BCUT2D eigenvalue weighted by Gasteiger charge is -2.36. The number of amides is 1. The van der Waals surface area contributed by atoms with Gasteiger partial charge in [0, 0.05) is 49.0 Å². The number of carbonyl (C=O) groups excluding carboxylic acids is 1. The number of rotatable bonds is 8. The molecule has 1 fully saturated rings. The van der Waals surface area contributed by atoms with Gasteiger partial charge in [0.05, 0.1) is 16.8 Å². The molecule has 1 N–H and O–H groups in total. The molecule has 3 aromatic rings. The van der Waals surface area contributed by atoms with E-state index in [1.165, 1.54) is 0 Å². The van der Waals surface area contributed by atoms with E-state index < -0.39 is 0 Å². The highest BCUT2D eigenvalue weighted by Gasteiger charge is 2.20. The number of halogens is 2. The van der Waals surface area contributed by atoms with Crippen molar-refractivity contribution >= 4 is 40.5 Å². The van der Waals surface area contributed by atoms with E-state index in [2.05, 4.69) is 28.1 Å². The summed E-state index contributed by atoms with van der Waals surface area (Å²) < 4.78 is 5.84. The van der Waals surface area contributed by atoms with Crippen molar-refractivity contribution in [1.82, 2.24) is 4.90 Å². The first-order chi connectivity index (χ1) is 16.9. The Morgan fingerprint density at radius 3 is 2.46 bits per heavy atom. The third-order valence-electron chi connectivity index (χ3n) is 6.28. The fourth-order valence-electron chi connectivity index (χ4n) is 4.09. The highest BCUT2D eigenvalue weighted by Crippen LogP contribution is 2.30. The van der Waals surface area contributed by atoms with Crippen molar-refractivity contribution < 1.29 is 9.53 Å². The van der Waals surface area contributed by atoms with E-state index in [0.717, 1.165) is 55.4 Å². The van der Waals surface area contributed by atoms with Crippen LogP contribution in [0, 0.1) is 0 Å². The average Bonchev–Trinajstić information content (AvgIpc) is 2.86. The second kappa shape index (κ2) is 11.8.